The molecule has 1 N–H and O–H groups in total. The van der Waals surface area contributed by atoms with Crippen LogP contribution in [0.2, 0.25) is 0 Å². The number of ether oxygens (including phenoxy) is 1. The van der Waals surface area contributed by atoms with E-state index in [4.69, 9.17) is 14.1 Å². The van der Waals surface area contributed by atoms with Crippen molar-refractivity contribution < 1.29 is 22.4 Å². The second kappa shape index (κ2) is 12.4. The van der Waals surface area contributed by atoms with Crippen molar-refractivity contribution in [3.63, 3.8) is 0 Å². The first-order valence-corrected chi connectivity index (χ1v) is 16.4. The minimum absolute atomic E-state index is 0.174. The van der Waals surface area contributed by atoms with Crippen molar-refractivity contribution in [2.45, 2.75) is 37.8 Å². The number of hydrogen-bond acceptors (Lipinski definition) is 7. The van der Waals surface area contributed by atoms with Crippen LogP contribution in [0.15, 0.2) is 107 Å². The normalized spacial score (nSPS) is 14.1. The highest BCUT2D eigenvalue weighted by atomic mass is 32.2. The van der Waals surface area contributed by atoms with Gasteiger partial charge < -0.3 is 19.0 Å². The molecule has 3 aromatic carbocycles. The van der Waals surface area contributed by atoms with E-state index in [0.29, 0.717) is 29.8 Å². The lowest BCUT2D eigenvalue weighted by atomic mass is 10.0. The summed E-state index contributed by atoms with van der Waals surface area (Å²) in [6.07, 6.45) is 3.15. The molecule has 0 radical (unpaired) electrons. The maximum atomic E-state index is 13.0. The Hall–Kier alpha value is -4.67. The summed E-state index contributed by atoms with van der Waals surface area (Å²) in [6.45, 7) is 8.51. The number of sulfonamides is 1. The molecule has 0 atom stereocenters. The minimum Gasteiger partial charge on any atom is -0.462 e. The number of pyridine rings is 1. The molecule has 9 nitrogen and oxygen atoms in total. The number of carbonyl (C=O) groups is 1. The van der Waals surface area contributed by atoms with Gasteiger partial charge in [-0.1, -0.05) is 54.6 Å². The zero-order valence-corrected chi connectivity index (χ0v) is 26.4. The molecule has 3 heterocycles. The fraction of sp³-hybridized carbons (Fsp3) is 0.257. The van der Waals surface area contributed by atoms with Crippen molar-refractivity contribution in [2.75, 3.05) is 31.1 Å². The molecule has 0 aliphatic carbocycles. The van der Waals surface area contributed by atoms with Gasteiger partial charge in [0.05, 0.1) is 4.90 Å². The van der Waals surface area contributed by atoms with E-state index >= 15 is 0 Å². The number of carbonyl (C=O) groups excluding carboxylic acids is 1. The predicted octanol–water partition coefficient (Wildman–Crippen LogP) is 6.70. The van der Waals surface area contributed by atoms with Crippen molar-refractivity contribution >= 4 is 32.9 Å². The van der Waals surface area contributed by atoms with Crippen LogP contribution in [-0.4, -0.2) is 56.2 Å². The molecule has 10 heteroatoms. The monoisotopic (exact) mass is 624 g/mol. The topological polar surface area (TPSA) is 105 Å². The van der Waals surface area contributed by atoms with Gasteiger partial charge in [0.2, 0.25) is 10.0 Å². The Kier molecular flexibility index (Phi) is 8.35. The first-order chi connectivity index (χ1) is 21.6. The number of anilines is 1. The number of fused-ring (bicyclic) bond motifs is 1. The van der Waals surface area contributed by atoms with E-state index < -0.39 is 15.6 Å². The van der Waals surface area contributed by atoms with Gasteiger partial charge in [-0.25, -0.2) is 17.9 Å². The third kappa shape index (κ3) is 7.02. The van der Waals surface area contributed by atoms with E-state index in [-0.39, 0.29) is 17.5 Å². The Bertz CT molecular complexity index is 1910. The number of piperazine rings is 1. The lowest BCUT2D eigenvalue weighted by molar-refractivity contribution is 0.0240. The van der Waals surface area contributed by atoms with Crippen LogP contribution in [0.1, 0.15) is 26.3 Å². The van der Waals surface area contributed by atoms with Crippen LogP contribution in [0.3, 0.4) is 0 Å². The zero-order valence-electron chi connectivity index (χ0n) is 25.6. The van der Waals surface area contributed by atoms with Gasteiger partial charge in [-0.15, -0.1) is 0 Å². The van der Waals surface area contributed by atoms with Crippen molar-refractivity contribution in [2.24, 2.45) is 0 Å². The van der Waals surface area contributed by atoms with Gasteiger partial charge in [0, 0.05) is 55.7 Å². The van der Waals surface area contributed by atoms with E-state index in [1.54, 1.807) is 35.6 Å². The third-order valence-corrected chi connectivity index (χ3v) is 9.07. The molecule has 1 amide bonds. The lowest BCUT2D eigenvalue weighted by Gasteiger charge is -2.36. The van der Waals surface area contributed by atoms with Gasteiger partial charge in [0.25, 0.3) is 0 Å². The number of amides is 1. The molecule has 5 aromatic rings. The molecule has 2 aromatic heterocycles. The molecule has 0 unspecified atom stereocenters. The van der Waals surface area contributed by atoms with E-state index in [1.165, 1.54) is 0 Å². The molecule has 1 saturated heterocycles. The average molecular weight is 625 g/mol. The van der Waals surface area contributed by atoms with Gasteiger partial charge in [-0.05, 0) is 67.8 Å². The first kappa shape index (κ1) is 30.4. The maximum Gasteiger partial charge on any atom is 0.410 e. The Labute approximate surface area is 263 Å². The van der Waals surface area contributed by atoms with E-state index in [2.05, 4.69) is 33.9 Å². The number of benzene rings is 3. The van der Waals surface area contributed by atoms with E-state index in [0.717, 1.165) is 41.0 Å². The standard InChI is InChI=1S/C35H36N4O5S/c1-35(2,3)44-34(40)39-18-16-38(17-19-39)29-14-12-26(13-15-29)28-21-32-33(36-23-28)31(24-43-32)27-10-7-11-30(20-27)45(41,42)37-22-25-8-5-4-6-9-25/h4-15,20-21,23-24,37H,16-19,22H2,1-3H3. The average Bonchev–Trinajstić information content (AvgIpc) is 3.47. The van der Waals surface area contributed by atoms with Gasteiger partial charge in [-0.3, -0.25) is 4.98 Å². The van der Waals surface area contributed by atoms with Crippen LogP contribution in [-0.2, 0) is 21.3 Å². The number of nitrogens with one attached hydrogen (secondary N) is 1. The van der Waals surface area contributed by atoms with Crippen molar-refractivity contribution in [1.82, 2.24) is 14.6 Å². The highest BCUT2D eigenvalue weighted by Gasteiger charge is 2.26. The Morgan fingerprint density at radius 2 is 1.62 bits per heavy atom. The predicted molar refractivity (Wildman–Crippen MR) is 175 cm³/mol. The number of rotatable bonds is 7. The summed E-state index contributed by atoms with van der Waals surface area (Å²) in [4.78, 5) is 21.3. The van der Waals surface area contributed by atoms with Crippen molar-refractivity contribution in [3.8, 4) is 22.3 Å². The Morgan fingerprint density at radius 1 is 0.889 bits per heavy atom. The summed E-state index contributed by atoms with van der Waals surface area (Å²) in [6, 6.07) is 26.4. The number of hydrogen-bond donors (Lipinski definition) is 1. The fourth-order valence-corrected chi connectivity index (χ4v) is 6.37. The smallest absolute Gasteiger partial charge is 0.410 e. The summed E-state index contributed by atoms with van der Waals surface area (Å²) in [7, 11) is -3.72. The molecule has 0 saturated carbocycles. The van der Waals surface area contributed by atoms with Crippen LogP contribution in [0.4, 0.5) is 10.5 Å². The van der Waals surface area contributed by atoms with Crippen molar-refractivity contribution in [1.29, 1.82) is 0 Å². The summed E-state index contributed by atoms with van der Waals surface area (Å²) in [5.41, 5.74) is 6.06. The van der Waals surface area contributed by atoms with Crippen LogP contribution in [0.25, 0.3) is 33.4 Å². The molecule has 1 fully saturated rings. The quantitative estimate of drug-likeness (QED) is 0.215. The number of furan rings is 1. The first-order valence-electron chi connectivity index (χ1n) is 14.9. The number of nitrogens with zero attached hydrogens (tertiary/aromatic N) is 3. The fourth-order valence-electron chi connectivity index (χ4n) is 5.30. The van der Waals surface area contributed by atoms with E-state index in [9.17, 15) is 13.2 Å². The molecule has 232 valence electrons. The summed E-state index contributed by atoms with van der Waals surface area (Å²) in [5, 5.41) is 0. The SMILES string of the molecule is CC(C)(C)OC(=O)N1CCN(c2ccc(-c3cnc4c(-c5cccc(S(=O)(=O)NCc6ccccc6)c5)coc4c3)cc2)CC1. The van der Waals surface area contributed by atoms with E-state index in [1.807, 2.05) is 63.2 Å². The van der Waals surface area contributed by atoms with Crippen molar-refractivity contribution in [3.05, 3.63) is 103 Å². The largest absolute Gasteiger partial charge is 0.462 e. The molecule has 0 bridgehead atoms. The molecular formula is C35H36N4O5S. The third-order valence-electron chi connectivity index (χ3n) is 7.67. The highest BCUT2D eigenvalue weighted by molar-refractivity contribution is 7.89. The molecule has 45 heavy (non-hydrogen) atoms. The van der Waals surface area contributed by atoms with Crippen LogP contribution >= 0.6 is 0 Å². The lowest BCUT2D eigenvalue weighted by Crippen LogP contribution is -2.50. The van der Waals surface area contributed by atoms with Gasteiger partial charge in [-0.2, -0.15) is 0 Å². The molecule has 6 rings (SSSR count). The van der Waals surface area contributed by atoms with Gasteiger partial charge in [0.15, 0.2) is 5.58 Å². The highest BCUT2D eigenvalue weighted by Crippen LogP contribution is 2.33. The molecule has 0 spiro atoms. The summed E-state index contributed by atoms with van der Waals surface area (Å²) < 4.78 is 40.1. The summed E-state index contributed by atoms with van der Waals surface area (Å²) >= 11 is 0. The second-order valence-corrected chi connectivity index (χ2v) is 13.8. The van der Waals surface area contributed by atoms with Crippen LogP contribution in [0, 0.1) is 0 Å². The Balaban J connectivity index is 1.14. The summed E-state index contributed by atoms with van der Waals surface area (Å²) in [5.74, 6) is 0. The van der Waals surface area contributed by atoms with Gasteiger partial charge >= 0.3 is 6.09 Å². The van der Waals surface area contributed by atoms with Crippen LogP contribution < -0.4 is 9.62 Å². The maximum absolute atomic E-state index is 13.0. The second-order valence-electron chi connectivity index (χ2n) is 12.1. The van der Waals surface area contributed by atoms with Gasteiger partial charge in [0.1, 0.15) is 17.4 Å². The molecule has 1 aliphatic rings. The molecular weight excluding hydrogens is 588 g/mol. The molecule has 1 aliphatic heterocycles. The number of aromatic nitrogens is 1. The van der Waals surface area contributed by atoms with Crippen LogP contribution in [0.5, 0.6) is 0 Å². The minimum atomic E-state index is -3.72. The zero-order chi connectivity index (χ0) is 31.6. The Morgan fingerprint density at radius 3 is 2.33 bits per heavy atom.